The van der Waals surface area contributed by atoms with Crippen molar-refractivity contribution in [1.82, 2.24) is 10.2 Å². The van der Waals surface area contributed by atoms with Crippen LogP contribution in [0.25, 0.3) is 0 Å². The first-order valence-electron chi connectivity index (χ1n) is 8.48. The van der Waals surface area contributed by atoms with Gasteiger partial charge in [0.05, 0.1) is 7.11 Å². The molecule has 0 radical (unpaired) electrons. The van der Waals surface area contributed by atoms with Crippen LogP contribution in [0.5, 0.6) is 5.75 Å². The molecule has 0 aromatic heterocycles. The van der Waals surface area contributed by atoms with Crippen molar-refractivity contribution >= 4 is 29.0 Å². The van der Waals surface area contributed by atoms with Gasteiger partial charge in [0.15, 0.2) is 5.11 Å². The molecule has 0 bridgehead atoms. The van der Waals surface area contributed by atoms with Gasteiger partial charge < -0.3 is 20.5 Å². The van der Waals surface area contributed by atoms with Crippen molar-refractivity contribution in [2.45, 2.75) is 32.7 Å². The van der Waals surface area contributed by atoms with Gasteiger partial charge in [0.2, 0.25) is 0 Å². The Labute approximate surface area is 155 Å². The van der Waals surface area contributed by atoms with Gasteiger partial charge in [-0.3, -0.25) is 9.69 Å². The lowest BCUT2D eigenvalue weighted by molar-refractivity contribution is -0.144. The lowest BCUT2D eigenvalue weighted by atomic mass is 10.0. The van der Waals surface area contributed by atoms with Crippen LogP contribution in [0.15, 0.2) is 24.3 Å². The largest absolute Gasteiger partial charge is 0.497 e. The second-order valence-electron chi connectivity index (χ2n) is 6.20. The molecule has 6 nitrogen and oxygen atoms in total. The zero-order valence-corrected chi connectivity index (χ0v) is 16.2. The quantitative estimate of drug-likeness (QED) is 0.691. The fourth-order valence-corrected chi connectivity index (χ4v) is 2.87. The molecule has 1 aromatic carbocycles. The number of rotatable bonds is 5. The molecule has 1 unspecified atom stereocenters. The van der Waals surface area contributed by atoms with Gasteiger partial charge in [-0.15, -0.1) is 0 Å². The molecule has 1 aliphatic heterocycles. The van der Waals surface area contributed by atoms with Gasteiger partial charge in [-0.05, 0) is 68.3 Å². The number of nitrogens with one attached hydrogen (secondary N) is 2. The number of aliphatic carboxylic acids is 1. The van der Waals surface area contributed by atoms with E-state index >= 15 is 0 Å². The third kappa shape index (κ3) is 7.27. The lowest BCUT2D eigenvalue weighted by Gasteiger charge is -2.26. The molecule has 2 rings (SSSR count). The maximum Gasteiger partial charge on any atom is 0.321 e. The molecule has 25 heavy (non-hydrogen) atoms. The van der Waals surface area contributed by atoms with Gasteiger partial charge in [0, 0.05) is 12.7 Å². The van der Waals surface area contributed by atoms with Crippen molar-refractivity contribution in [2.24, 2.45) is 5.92 Å². The summed E-state index contributed by atoms with van der Waals surface area (Å²) in [5.74, 6) is 0.369. The van der Waals surface area contributed by atoms with Crippen LogP contribution in [0.3, 0.4) is 0 Å². The number of nitrogens with zero attached hydrogens (tertiary/aromatic N) is 1. The molecule has 0 aliphatic carbocycles. The number of likely N-dealkylation sites (tertiary alicyclic amines) is 1. The summed E-state index contributed by atoms with van der Waals surface area (Å²) in [5.41, 5.74) is 0.945. The van der Waals surface area contributed by atoms with Gasteiger partial charge in [-0.2, -0.15) is 0 Å². The van der Waals surface area contributed by atoms with Gasteiger partial charge in [0.1, 0.15) is 11.8 Å². The molecule has 140 valence electrons. The third-order valence-electron chi connectivity index (χ3n) is 3.99. The van der Waals surface area contributed by atoms with E-state index in [4.69, 9.17) is 22.1 Å². The highest BCUT2D eigenvalue weighted by atomic mass is 32.1. The summed E-state index contributed by atoms with van der Waals surface area (Å²) in [5, 5.41) is 15.4. The smallest absolute Gasteiger partial charge is 0.321 e. The van der Waals surface area contributed by atoms with Crippen molar-refractivity contribution in [2.75, 3.05) is 32.6 Å². The summed E-state index contributed by atoms with van der Waals surface area (Å²) < 4.78 is 5.02. The van der Waals surface area contributed by atoms with Crippen molar-refractivity contribution in [1.29, 1.82) is 0 Å². The van der Waals surface area contributed by atoms with Crippen molar-refractivity contribution in [3.63, 3.8) is 0 Å². The van der Waals surface area contributed by atoms with E-state index in [0.717, 1.165) is 37.4 Å². The van der Waals surface area contributed by atoms with Crippen LogP contribution in [0.1, 0.15) is 26.7 Å². The van der Waals surface area contributed by atoms with E-state index in [1.54, 1.807) is 14.2 Å². The average Bonchev–Trinajstić information content (AvgIpc) is 3.09. The Hall–Kier alpha value is -1.86. The maximum atomic E-state index is 10.9. The molecule has 1 saturated heterocycles. The van der Waals surface area contributed by atoms with E-state index in [-0.39, 0.29) is 12.0 Å². The van der Waals surface area contributed by atoms with Crippen LogP contribution in [-0.2, 0) is 4.79 Å². The molecule has 1 heterocycles. The topological polar surface area (TPSA) is 73.8 Å². The summed E-state index contributed by atoms with van der Waals surface area (Å²) in [6.45, 7) is 5.85. The minimum Gasteiger partial charge on any atom is -0.497 e. The average molecular weight is 368 g/mol. The number of hydrogen-bond acceptors (Lipinski definition) is 4. The first-order chi connectivity index (χ1) is 11.9. The van der Waals surface area contributed by atoms with Crippen LogP contribution >= 0.6 is 12.2 Å². The number of carboxylic acid groups (broad SMARTS) is 1. The fourth-order valence-electron chi connectivity index (χ4n) is 2.75. The molecule has 0 saturated carbocycles. The van der Waals surface area contributed by atoms with E-state index in [1.807, 2.05) is 38.1 Å². The zero-order valence-electron chi connectivity index (χ0n) is 15.4. The molecule has 7 heteroatoms. The molecular weight excluding hydrogens is 338 g/mol. The monoisotopic (exact) mass is 367 g/mol. The first-order valence-corrected chi connectivity index (χ1v) is 8.89. The second-order valence-corrected chi connectivity index (χ2v) is 6.61. The van der Waals surface area contributed by atoms with Crippen molar-refractivity contribution in [3.05, 3.63) is 24.3 Å². The summed E-state index contributed by atoms with van der Waals surface area (Å²) >= 11 is 4.95. The highest BCUT2D eigenvalue weighted by Gasteiger charge is 2.30. The van der Waals surface area contributed by atoms with Gasteiger partial charge >= 0.3 is 5.97 Å². The Balaban J connectivity index is 0.000000251. The van der Waals surface area contributed by atoms with Gasteiger partial charge in [-0.1, -0.05) is 13.8 Å². The molecule has 1 fully saturated rings. The van der Waals surface area contributed by atoms with Crippen LogP contribution in [-0.4, -0.2) is 54.4 Å². The van der Waals surface area contributed by atoms with E-state index < -0.39 is 5.97 Å². The number of anilines is 1. The summed E-state index contributed by atoms with van der Waals surface area (Å²) in [6, 6.07) is 7.29. The van der Waals surface area contributed by atoms with Gasteiger partial charge in [-0.25, -0.2) is 0 Å². The van der Waals surface area contributed by atoms with E-state index in [9.17, 15) is 4.79 Å². The lowest BCUT2D eigenvalue weighted by Crippen LogP contribution is -2.42. The van der Waals surface area contributed by atoms with E-state index in [1.165, 1.54) is 0 Å². The summed E-state index contributed by atoms with van der Waals surface area (Å²) in [7, 11) is 3.42. The third-order valence-corrected chi connectivity index (χ3v) is 4.30. The first kappa shape index (κ1) is 21.2. The van der Waals surface area contributed by atoms with Crippen molar-refractivity contribution < 1.29 is 14.6 Å². The maximum absolute atomic E-state index is 10.9. The number of thiocarbonyl (C=S) groups is 1. The van der Waals surface area contributed by atoms with E-state index in [0.29, 0.717) is 5.11 Å². The Morgan fingerprint density at radius 1 is 1.24 bits per heavy atom. The molecule has 0 spiro atoms. The Bertz CT molecular complexity index is 543. The number of hydrogen-bond donors (Lipinski definition) is 3. The number of benzene rings is 1. The Morgan fingerprint density at radius 2 is 1.80 bits per heavy atom. The summed E-state index contributed by atoms with van der Waals surface area (Å²) in [6.07, 6.45) is 2.30. The zero-order chi connectivity index (χ0) is 18.8. The van der Waals surface area contributed by atoms with Crippen LogP contribution in [0, 0.1) is 5.92 Å². The minimum atomic E-state index is -0.674. The molecule has 1 aromatic rings. The SMILES string of the molecule is CC(C)C(C(=O)O)N1CCCC1.CNC(=S)Nc1ccc(OC)cc1. The second kappa shape index (κ2) is 10.9. The molecule has 0 amide bonds. The Morgan fingerprint density at radius 3 is 2.20 bits per heavy atom. The Kier molecular flexibility index (Phi) is 9.23. The minimum absolute atomic E-state index is 0.209. The molecule has 1 aliphatic rings. The predicted octanol–water partition coefficient (Wildman–Crippen LogP) is 2.80. The predicted molar refractivity (Wildman–Crippen MR) is 105 cm³/mol. The van der Waals surface area contributed by atoms with E-state index in [2.05, 4.69) is 15.5 Å². The van der Waals surface area contributed by atoms with Crippen molar-refractivity contribution in [3.8, 4) is 5.75 Å². The number of carboxylic acids is 1. The number of carbonyl (C=O) groups is 1. The number of methoxy groups -OCH3 is 1. The summed E-state index contributed by atoms with van der Waals surface area (Å²) in [4.78, 5) is 13.0. The van der Waals surface area contributed by atoms with Crippen LogP contribution in [0.2, 0.25) is 0 Å². The molecule has 1 atom stereocenters. The number of ether oxygens (including phenoxy) is 1. The molecular formula is C18H29N3O3S. The normalized spacial score (nSPS) is 15.1. The highest BCUT2D eigenvalue weighted by molar-refractivity contribution is 7.80. The standard InChI is InChI=1S/C9H12N2OS.C9H17NO2/c1-10-9(13)11-7-3-5-8(12-2)6-4-7;1-7(2)8(9(11)12)10-5-3-4-6-10/h3-6H,1-2H3,(H2,10,11,13);7-8H,3-6H2,1-2H3,(H,11,12). The van der Waals surface area contributed by atoms with Gasteiger partial charge in [0.25, 0.3) is 0 Å². The molecule has 3 N–H and O–H groups in total. The van der Waals surface area contributed by atoms with Crippen LogP contribution < -0.4 is 15.4 Å². The fraction of sp³-hybridized carbons (Fsp3) is 0.556. The highest BCUT2D eigenvalue weighted by Crippen LogP contribution is 2.17. The van der Waals surface area contributed by atoms with Crippen LogP contribution in [0.4, 0.5) is 5.69 Å².